The van der Waals surface area contributed by atoms with Crippen molar-refractivity contribution in [2.45, 2.75) is 37.6 Å². The fraction of sp³-hybridized carbons (Fsp3) is 0.320. The average Bonchev–Trinajstić information content (AvgIpc) is 3.27. The Morgan fingerprint density at radius 1 is 1.00 bits per heavy atom. The second kappa shape index (κ2) is 7.11. The van der Waals surface area contributed by atoms with E-state index < -0.39 is 0 Å². The molecule has 1 amide bonds. The number of para-hydroxylation sites is 2. The van der Waals surface area contributed by atoms with Crippen LogP contribution in [0.4, 0.5) is 5.69 Å². The molecule has 148 valence electrons. The number of aromatic nitrogens is 1. The fourth-order valence-corrected chi connectivity index (χ4v) is 5.04. The van der Waals surface area contributed by atoms with Gasteiger partial charge in [0.05, 0.1) is 22.8 Å². The molecule has 29 heavy (non-hydrogen) atoms. The molecule has 2 aliphatic heterocycles. The van der Waals surface area contributed by atoms with E-state index in [1.807, 2.05) is 18.2 Å². The van der Waals surface area contributed by atoms with Crippen LogP contribution in [0, 0.1) is 0 Å². The summed E-state index contributed by atoms with van der Waals surface area (Å²) >= 11 is 0. The SMILES string of the molecule is CC[C@@H](C(=O)N1CCC2(CC1)Nc1ccccc1-n1cccc12)c1ccccc1. The molecule has 1 aromatic heterocycles. The van der Waals surface area contributed by atoms with Crippen LogP contribution in [0.2, 0.25) is 0 Å². The molecule has 2 aliphatic rings. The average molecular weight is 386 g/mol. The van der Waals surface area contributed by atoms with Gasteiger partial charge in [0.2, 0.25) is 5.91 Å². The zero-order valence-corrected chi connectivity index (χ0v) is 16.8. The van der Waals surface area contributed by atoms with E-state index >= 15 is 0 Å². The Hall–Kier alpha value is -3.01. The molecule has 1 spiro atoms. The lowest BCUT2D eigenvalue weighted by atomic mass is 9.81. The fourth-order valence-electron chi connectivity index (χ4n) is 5.04. The molecule has 3 aromatic rings. The van der Waals surface area contributed by atoms with E-state index in [0.29, 0.717) is 0 Å². The predicted octanol–water partition coefficient (Wildman–Crippen LogP) is 4.91. The minimum Gasteiger partial charge on any atom is -0.372 e. The van der Waals surface area contributed by atoms with E-state index in [9.17, 15) is 4.79 Å². The number of piperidine rings is 1. The summed E-state index contributed by atoms with van der Waals surface area (Å²) in [7, 11) is 0. The lowest BCUT2D eigenvalue weighted by Gasteiger charge is -2.46. The highest BCUT2D eigenvalue weighted by Crippen LogP contribution is 2.43. The first kappa shape index (κ1) is 18.0. The van der Waals surface area contributed by atoms with E-state index in [0.717, 1.165) is 37.9 Å². The first-order valence-electron chi connectivity index (χ1n) is 10.6. The lowest BCUT2D eigenvalue weighted by molar-refractivity contribution is -0.134. The lowest BCUT2D eigenvalue weighted by Crippen LogP contribution is -2.51. The number of nitrogens with one attached hydrogen (secondary N) is 1. The van der Waals surface area contributed by atoms with Gasteiger partial charge >= 0.3 is 0 Å². The van der Waals surface area contributed by atoms with Crippen LogP contribution in [0.25, 0.3) is 5.69 Å². The topological polar surface area (TPSA) is 37.3 Å². The molecule has 1 saturated heterocycles. The van der Waals surface area contributed by atoms with Gasteiger partial charge < -0.3 is 14.8 Å². The Labute approximate surface area is 172 Å². The Balaban J connectivity index is 1.38. The monoisotopic (exact) mass is 385 g/mol. The summed E-state index contributed by atoms with van der Waals surface area (Å²) in [5, 5.41) is 3.83. The maximum Gasteiger partial charge on any atom is 0.230 e. The van der Waals surface area contributed by atoms with E-state index in [4.69, 9.17) is 0 Å². The number of rotatable bonds is 3. The number of benzene rings is 2. The third kappa shape index (κ3) is 2.94. The molecule has 4 heteroatoms. The molecule has 5 rings (SSSR count). The number of nitrogens with zero attached hydrogens (tertiary/aromatic N) is 2. The third-order valence-electron chi connectivity index (χ3n) is 6.61. The summed E-state index contributed by atoms with van der Waals surface area (Å²) in [5.41, 5.74) is 4.69. The Kier molecular flexibility index (Phi) is 4.42. The van der Waals surface area contributed by atoms with Gasteiger partial charge in [-0.3, -0.25) is 4.79 Å². The third-order valence-corrected chi connectivity index (χ3v) is 6.61. The van der Waals surface area contributed by atoms with Gasteiger partial charge in [-0.15, -0.1) is 0 Å². The number of hydrogen-bond acceptors (Lipinski definition) is 2. The van der Waals surface area contributed by atoms with Crippen LogP contribution in [0.5, 0.6) is 0 Å². The minimum atomic E-state index is -0.108. The van der Waals surface area contributed by atoms with Crippen molar-refractivity contribution in [1.29, 1.82) is 0 Å². The zero-order chi connectivity index (χ0) is 19.8. The number of hydrogen-bond donors (Lipinski definition) is 1. The molecule has 0 unspecified atom stereocenters. The second-order valence-electron chi connectivity index (χ2n) is 8.18. The van der Waals surface area contributed by atoms with Crippen molar-refractivity contribution in [3.05, 3.63) is 84.2 Å². The highest BCUT2D eigenvalue weighted by Gasteiger charge is 2.42. The molecule has 2 aromatic carbocycles. The molecule has 0 saturated carbocycles. The van der Waals surface area contributed by atoms with Crippen LogP contribution >= 0.6 is 0 Å². The standard InChI is InChI=1S/C25H27N3O/c1-2-20(19-9-4-3-5-10-19)24(29)27-17-14-25(15-18-27)23-13-8-16-28(23)22-12-7-6-11-21(22)26-25/h3-13,16,20,26H,2,14-15,17-18H2,1H3/t20-/m1/s1. The molecular weight excluding hydrogens is 358 g/mol. The van der Waals surface area contributed by atoms with Crippen molar-refractivity contribution in [3.63, 3.8) is 0 Å². The quantitative estimate of drug-likeness (QED) is 0.695. The van der Waals surface area contributed by atoms with Crippen LogP contribution in [-0.2, 0) is 10.3 Å². The molecule has 1 atom stereocenters. The summed E-state index contributed by atoms with van der Waals surface area (Å²) in [6.45, 7) is 3.67. The Morgan fingerprint density at radius 2 is 1.72 bits per heavy atom. The van der Waals surface area contributed by atoms with Gasteiger partial charge in [-0.2, -0.15) is 0 Å². The maximum absolute atomic E-state index is 13.3. The van der Waals surface area contributed by atoms with Crippen LogP contribution in [0.3, 0.4) is 0 Å². The van der Waals surface area contributed by atoms with E-state index in [1.54, 1.807) is 0 Å². The maximum atomic E-state index is 13.3. The first-order valence-corrected chi connectivity index (χ1v) is 10.6. The number of fused-ring (bicyclic) bond motifs is 4. The van der Waals surface area contributed by atoms with Crippen LogP contribution in [0.15, 0.2) is 72.9 Å². The number of likely N-dealkylation sites (tertiary alicyclic amines) is 1. The number of carbonyl (C=O) groups excluding carboxylic acids is 1. The van der Waals surface area contributed by atoms with Gasteiger partial charge in [-0.1, -0.05) is 49.4 Å². The van der Waals surface area contributed by atoms with Crippen molar-refractivity contribution in [2.24, 2.45) is 0 Å². The van der Waals surface area contributed by atoms with E-state index in [1.165, 1.54) is 17.1 Å². The van der Waals surface area contributed by atoms with Gasteiger partial charge in [-0.05, 0) is 49.1 Å². The zero-order valence-electron chi connectivity index (χ0n) is 16.8. The van der Waals surface area contributed by atoms with Crippen molar-refractivity contribution in [3.8, 4) is 5.69 Å². The predicted molar refractivity (Wildman–Crippen MR) is 116 cm³/mol. The Bertz CT molecular complexity index is 1020. The molecule has 1 N–H and O–H groups in total. The van der Waals surface area contributed by atoms with Crippen LogP contribution < -0.4 is 5.32 Å². The summed E-state index contributed by atoms with van der Waals surface area (Å²) in [5.74, 6) is 0.217. The highest BCUT2D eigenvalue weighted by molar-refractivity contribution is 5.84. The summed E-state index contributed by atoms with van der Waals surface area (Å²) in [6, 6.07) is 23.0. The first-order chi connectivity index (χ1) is 14.2. The second-order valence-corrected chi connectivity index (χ2v) is 8.18. The van der Waals surface area contributed by atoms with Gasteiger partial charge in [-0.25, -0.2) is 0 Å². The van der Waals surface area contributed by atoms with Crippen molar-refractivity contribution >= 4 is 11.6 Å². The summed E-state index contributed by atoms with van der Waals surface area (Å²) in [4.78, 5) is 15.4. The van der Waals surface area contributed by atoms with Gasteiger partial charge in [0.15, 0.2) is 0 Å². The normalized spacial score (nSPS) is 17.9. The molecule has 0 radical (unpaired) electrons. The van der Waals surface area contributed by atoms with E-state index in [-0.39, 0.29) is 17.4 Å². The van der Waals surface area contributed by atoms with Crippen LogP contribution in [-0.4, -0.2) is 28.5 Å². The smallest absolute Gasteiger partial charge is 0.230 e. The highest BCUT2D eigenvalue weighted by atomic mass is 16.2. The molecule has 0 aliphatic carbocycles. The molecule has 1 fully saturated rings. The van der Waals surface area contributed by atoms with Crippen molar-refractivity contribution in [1.82, 2.24) is 9.47 Å². The molecule has 3 heterocycles. The summed E-state index contributed by atoms with van der Waals surface area (Å²) in [6.07, 6.45) is 4.82. The van der Waals surface area contributed by atoms with E-state index in [2.05, 4.69) is 76.4 Å². The number of anilines is 1. The molecule has 4 nitrogen and oxygen atoms in total. The van der Waals surface area contributed by atoms with Crippen molar-refractivity contribution in [2.75, 3.05) is 18.4 Å². The number of amides is 1. The largest absolute Gasteiger partial charge is 0.372 e. The van der Waals surface area contributed by atoms with Crippen LogP contribution in [0.1, 0.15) is 43.4 Å². The Morgan fingerprint density at radius 3 is 2.48 bits per heavy atom. The van der Waals surface area contributed by atoms with Crippen molar-refractivity contribution < 1.29 is 4.79 Å². The van der Waals surface area contributed by atoms with Gasteiger partial charge in [0, 0.05) is 25.0 Å². The summed E-state index contributed by atoms with van der Waals surface area (Å²) < 4.78 is 2.31. The molecular formula is C25H27N3O. The van der Waals surface area contributed by atoms with Gasteiger partial charge in [0.25, 0.3) is 0 Å². The minimum absolute atomic E-state index is 0.0471. The number of carbonyl (C=O) groups is 1. The molecule has 0 bridgehead atoms. The van der Waals surface area contributed by atoms with Gasteiger partial charge in [0.1, 0.15) is 0 Å².